The first-order valence-electron chi connectivity index (χ1n) is 11.8. The van der Waals surface area contributed by atoms with Crippen LogP contribution in [0.25, 0.3) is 0 Å². The molecule has 5 rings (SSSR count). The molecule has 0 amide bonds. The molecule has 0 spiro atoms. The molecule has 5 heterocycles. The fraction of sp³-hybridized carbons (Fsp3) is 0.435. The molecule has 3 aromatic heterocycles. The minimum Gasteiger partial charge on any atom is -0.466 e. The molecule has 0 saturated carbocycles. The van der Waals surface area contributed by atoms with Crippen molar-refractivity contribution in [2.24, 2.45) is 0 Å². The number of pyridine rings is 1. The molecule has 39 heavy (non-hydrogen) atoms. The maximum atomic E-state index is 14.7. The van der Waals surface area contributed by atoms with E-state index in [9.17, 15) is 13.2 Å². The number of nitrogens with zero attached hydrogens (tertiary/aromatic N) is 7. The third kappa shape index (κ3) is 7.70. The lowest BCUT2D eigenvalue weighted by molar-refractivity contribution is 0.121. The summed E-state index contributed by atoms with van der Waals surface area (Å²) >= 11 is 17.1. The number of hydrogen-bond acceptors (Lipinski definition) is 10. The minimum absolute atomic E-state index is 0.0529. The van der Waals surface area contributed by atoms with E-state index in [-0.39, 0.29) is 33.2 Å². The molecule has 10 nitrogen and oxygen atoms in total. The number of anilines is 2. The van der Waals surface area contributed by atoms with Gasteiger partial charge in [-0.3, -0.25) is 4.98 Å². The topological polar surface area (TPSA) is 98.6 Å². The van der Waals surface area contributed by atoms with Gasteiger partial charge in [0.15, 0.2) is 16.8 Å². The van der Waals surface area contributed by atoms with Crippen molar-refractivity contribution in [3.63, 3.8) is 0 Å². The predicted octanol–water partition coefficient (Wildman–Crippen LogP) is 4.54. The van der Waals surface area contributed by atoms with Crippen LogP contribution in [0, 0.1) is 17.5 Å². The highest BCUT2D eigenvalue weighted by Crippen LogP contribution is 2.29. The Morgan fingerprint density at radius 3 is 1.87 bits per heavy atom. The van der Waals surface area contributed by atoms with E-state index < -0.39 is 23.6 Å². The van der Waals surface area contributed by atoms with Gasteiger partial charge in [-0.25, -0.2) is 9.37 Å². The van der Waals surface area contributed by atoms with Crippen LogP contribution in [0.4, 0.5) is 24.8 Å². The van der Waals surface area contributed by atoms with Gasteiger partial charge in [-0.05, 0) is 42.3 Å². The summed E-state index contributed by atoms with van der Waals surface area (Å²) in [6.07, 6.45) is 0.432. The van der Waals surface area contributed by atoms with Gasteiger partial charge >= 0.3 is 0 Å². The molecule has 2 aliphatic heterocycles. The number of aromatic nitrogens is 5. The molecular formula is C23H23Cl3F3N7O3. The Balaban J connectivity index is 0.000000202. The molecule has 0 radical (unpaired) electrons. The number of halogens is 6. The largest absolute Gasteiger partial charge is 0.466 e. The van der Waals surface area contributed by atoms with Gasteiger partial charge < -0.3 is 24.0 Å². The van der Waals surface area contributed by atoms with Crippen molar-refractivity contribution < 1.29 is 27.4 Å². The van der Waals surface area contributed by atoms with Gasteiger partial charge in [0.25, 0.3) is 5.88 Å². The highest BCUT2D eigenvalue weighted by Gasteiger charge is 2.24. The molecule has 0 aliphatic carbocycles. The van der Waals surface area contributed by atoms with Crippen molar-refractivity contribution in [1.82, 2.24) is 24.9 Å². The number of rotatable bonds is 5. The normalized spacial score (nSPS) is 16.4. The van der Waals surface area contributed by atoms with Crippen molar-refractivity contribution in [2.75, 3.05) is 62.4 Å². The van der Waals surface area contributed by atoms with Crippen LogP contribution in [0.1, 0.15) is 18.7 Å². The highest BCUT2D eigenvalue weighted by atomic mass is 35.5. The van der Waals surface area contributed by atoms with Crippen LogP contribution in [0.15, 0.2) is 18.3 Å². The van der Waals surface area contributed by atoms with E-state index in [1.165, 1.54) is 12.1 Å². The van der Waals surface area contributed by atoms with Crippen LogP contribution in [0.5, 0.6) is 5.88 Å². The Hall–Kier alpha value is -2.71. The van der Waals surface area contributed by atoms with E-state index in [1.807, 2.05) is 0 Å². The second kappa shape index (κ2) is 13.6. The second-order valence-corrected chi connectivity index (χ2v) is 9.25. The molecular weight excluding hydrogens is 586 g/mol. The van der Waals surface area contributed by atoms with Crippen LogP contribution >= 0.6 is 34.8 Å². The molecule has 3 aromatic rings. The van der Waals surface area contributed by atoms with Gasteiger partial charge in [0.2, 0.25) is 22.2 Å². The van der Waals surface area contributed by atoms with E-state index in [1.54, 1.807) is 16.7 Å². The fourth-order valence-corrected chi connectivity index (χ4v) is 4.21. The van der Waals surface area contributed by atoms with Gasteiger partial charge in [-0.1, -0.05) is 11.6 Å². The van der Waals surface area contributed by atoms with E-state index in [4.69, 9.17) is 49.0 Å². The fourth-order valence-electron chi connectivity index (χ4n) is 3.68. The zero-order valence-corrected chi connectivity index (χ0v) is 22.9. The Bertz CT molecular complexity index is 1270. The average molecular weight is 609 g/mol. The van der Waals surface area contributed by atoms with Crippen molar-refractivity contribution >= 4 is 46.4 Å². The van der Waals surface area contributed by atoms with Crippen molar-refractivity contribution in [3.05, 3.63) is 57.2 Å². The summed E-state index contributed by atoms with van der Waals surface area (Å²) in [6.45, 7) is 5.83. The smallest absolute Gasteiger partial charge is 0.257 e. The quantitative estimate of drug-likeness (QED) is 0.303. The van der Waals surface area contributed by atoms with E-state index in [0.717, 1.165) is 6.20 Å². The first kappa shape index (κ1) is 29.3. The van der Waals surface area contributed by atoms with E-state index in [2.05, 4.69) is 24.9 Å². The predicted molar refractivity (Wildman–Crippen MR) is 138 cm³/mol. The SMILES string of the molecule is CC(Oc1nc(Cl)nc(N2CCOCC2)c1F)c1ccc(F)cn1.Fc1c(Cl)nc(Cl)nc1N1CCOCC1. The zero-order chi connectivity index (χ0) is 27.9. The molecule has 210 valence electrons. The van der Waals surface area contributed by atoms with Gasteiger partial charge in [0.05, 0.1) is 38.3 Å². The first-order chi connectivity index (χ1) is 18.7. The van der Waals surface area contributed by atoms with Gasteiger partial charge in [0, 0.05) is 26.2 Å². The Morgan fingerprint density at radius 1 is 0.795 bits per heavy atom. The van der Waals surface area contributed by atoms with Crippen LogP contribution in [0.2, 0.25) is 15.7 Å². The van der Waals surface area contributed by atoms with E-state index in [0.29, 0.717) is 58.3 Å². The first-order valence-corrected chi connectivity index (χ1v) is 12.9. The van der Waals surface area contributed by atoms with Gasteiger partial charge in [-0.15, -0.1) is 0 Å². The summed E-state index contributed by atoms with van der Waals surface area (Å²) in [5, 5.41) is -0.424. The van der Waals surface area contributed by atoms with Crippen molar-refractivity contribution in [1.29, 1.82) is 0 Å². The second-order valence-electron chi connectivity index (χ2n) is 8.22. The summed E-state index contributed by atoms with van der Waals surface area (Å²) in [5.41, 5.74) is 0.443. The highest BCUT2D eigenvalue weighted by molar-refractivity contribution is 6.32. The van der Waals surface area contributed by atoms with Crippen molar-refractivity contribution in [2.45, 2.75) is 13.0 Å². The number of hydrogen-bond donors (Lipinski definition) is 0. The lowest BCUT2D eigenvalue weighted by Gasteiger charge is -2.28. The molecule has 0 N–H and O–H groups in total. The third-order valence-electron chi connectivity index (χ3n) is 5.62. The molecule has 0 bridgehead atoms. The summed E-state index contributed by atoms with van der Waals surface area (Å²) < 4.78 is 57.1. The average Bonchev–Trinajstić information content (AvgIpc) is 2.94. The maximum absolute atomic E-state index is 14.7. The summed E-state index contributed by atoms with van der Waals surface area (Å²) in [5.74, 6) is -1.85. The molecule has 0 aromatic carbocycles. The molecule has 2 saturated heterocycles. The van der Waals surface area contributed by atoms with Crippen LogP contribution in [0.3, 0.4) is 0 Å². The zero-order valence-electron chi connectivity index (χ0n) is 20.6. The summed E-state index contributed by atoms with van der Waals surface area (Å²) in [7, 11) is 0. The number of ether oxygens (including phenoxy) is 3. The van der Waals surface area contributed by atoms with Crippen LogP contribution in [-0.2, 0) is 9.47 Å². The molecule has 1 atom stereocenters. The Labute approximate surface area is 237 Å². The van der Waals surface area contributed by atoms with E-state index >= 15 is 0 Å². The van der Waals surface area contributed by atoms with Gasteiger partial charge in [0.1, 0.15) is 11.9 Å². The lowest BCUT2D eigenvalue weighted by Crippen LogP contribution is -2.37. The van der Waals surface area contributed by atoms with Crippen LogP contribution in [-0.4, -0.2) is 77.5 Å². The van der Waals surface area contributed by atoms with Crippen LogP contribution < -0.4 is 14.5 Å². The van der Waals surface area contributed by atoms with Gasteiger partial charge in [-0.2, -0.15) is 23.7 Å². The monoisotopic (exact) mass is 607 g/mol. The molecule has 16 heteroatoms. The maximum Gasteiger partial charge on any atom is 0.257 e. The standard InChI is InChI=1S/C15H15ClF2N4O2.C8H8Cl2FN3O/c1-9(11-3-2-10(17)8-19-11)24-14-12(18)13(20-15(16)21-14)22-4-6-23-7-5-22;9-6-5(11)7(13-8(10)12-6)14-1-3-15-4-2-14/h2-3,8-9H,4-7H2,1H3;1-4H2. The number of morpholine rings is 2. The third-order valence-corrected chi connectivity index (χ3v) is 6.21. The Morgan fingerprint density at radius 2 is 1.33 bits per heavy atom. The molecule has 2 aliphatic rings. The molecule has 2 fully saturated rings. The lowest BCUT2D eigenvalue weighted by atomic mass is 10.2. The Kier molecular flexibility index (Phi) is 10.2. The minimum atomic E-state index is -0.699. The molecule has 1 unspecified atom stereocenters. The summed E-state index contributed by atoms with van der Waals surface area (Å²) in [4.78, 5) is 22.5. The van der Waals surface area contributed by atoms with Crippen molar-refractivity contribution in [3.8, 4) is 5.88 Å². The summed E-state index contributed by atoms with van der Waals surface area (Å²) in [6, 6.07) is 2.72.